The Balaban J connectivity index is 1.94. The van der Waals surface area contributed by atoms with Gasteiger partial charge in [-0.2, -0.15) is 10.5 Å². The van der Waals surface area contributed by atoms with Gasteiger partial charge < -0.3 is 25.5 Å². The first kappa shape index (κ1) is 24.1. The highest BCUT2D eigenvalue weighted by molar-refractivity contribution is 9.10. The van der Waals surface area contributed by atoms with Crippen molar-refractivity contribution in [1.82, 2.24) is 10.3 Å². The first-order chi connectivity index (χ1) is 15.9. The maximum atomic E-state index is 12.4. The van der Waals surface area contributed by atoms with E-state index < -0.39 is 5.56 Å². The molecule has 0 saturated heterocycles. The van der Waals surface area contributed by atoms with Crippen LogP contribution in [0.2, 0.25) is 0 Å². The SMILES string of the molecule is CCOc1cc(-c2c(C#N)c(N)[nH]c(=O)c2C#N)c(Br)cc1OCC(=O)NC1CCCCC1. The number of amides is 1. The van der Waals surface area contributed by atoms with Crippen molar-refractivity contribution < 1.29 is 14.3 Å². The van der Waals surface area contributed by atoms with Gasteiger partial charge in [-0.15, -0.1) is 0 Å². The normalized spacial score (nSPS) is 13.6. The van der Waals surface area contributed by atoms with E-state index in [2.05, 4.69) is 26.2 Å². The minimum atomic E-state index is -0.700. The number of hydrogen-bond donors (Lipinski definition) is 3. The number of aromatic amines is 1. The van der Waals surface area contributed by atoms with Gasteiger partial charge in [-0.3, -0.25) is 9.59 Å². The molecule has 10 heteroatoms. The molecule has 0 spiro atoms. The molecule has 0 radical (unpaired) electrons. The van der Waals surface area contributed by atoms with Crippen molar-refractivity contribution in [2.75, 3.05) is 18.9 Å². The molecule has 1 heterocycles. The average molecular weight is 514 g/mol. The van der Waals surface area contributed by atoms with Gasteiger partial charge in [0.2, 0.25) is 0 Å². The summed E-state index contributed by atoms with van der Waals surface area (Å²) in [4.78, 5) is 27.0. The minimum absolute atomic E-state index is 0.0326. The van der Waals surface area contributed by atoms with E-state index in [1.165, 1.54) is 6.42 Å². The Morgan fingerprint density at radius 3 is 2.48 bits per heavy atom. The average Bonchev–Trinajstić information content (AvgIpc) is 2.79. The first-order valence-electron chi connectivity index (χ1n) is 10.6. The second kappa shape index (κ2) is 10.9. The topological polar surface area (TPSA) is 154 Å². The number of carbonyl (C=O) groups excluding carboxylic acids is 1. The van der Waals surface area contributed by atoms with E-state index in [0.29, 0.717) is 28.1 Å². The van der Waals surface area contributed by atoms with Gasteiger partial charge >= 0.3 is 0 Å². The molecular formula is C23H24BrN5O4. The Bertz CT molecular complexity index is 1190. The van der Waals surface area contributed by atoms with Crippen LogP contribution < -0.4 is 26.1 Å². The zero-order chi connectivity index (χ0) is 24.0. The fourth-order valence-corrected chi connectivity index (χ4v) is 4.40. The van der Waals surface area contributed by atoms with Crippen LogP contribution in [-0.4, -0.2) is 30.1 Å². The maximum Gasteiger partial charge on any atom is 0.268 e. The minimum Gasteiger partial charge on any atom is -0.490 e. The monoisotopic (exact) mass is 513 g/mol. The number of nitrogens with zero attached hydrogens (tertiary/aromatic N) is 2. The largest absolute Gasteiger partial charge is 0.490 e. The standard InChI is InChI=1S/C23H24BrN5O4/c1-2-32-18-8-14(21-15(10-25)22(27)29-23(31)16(21)11-26)17(24)9-19(18)33-12-20(30)28-13-6-4-3-5-7-13/h8-9,13H,2-7,12H2,1H3,(H,28,30)(H3,27,29,31). The number of halogens is 1. The highest BCUT2D eigenvalue weighted by atomic mass is 79.9. The molecule has 2 aromatic rings. The Morgan fingerprint density at radius 2 is 1.85 bits per heavy atom. The van der Waals surface area contributed by atoms with Gasteiger partial charge in [0.15, 0.2) is 18.1 Å². The van der Waals surface area contributed by atoms with Crippen LogP contribution in [0.4, 0.5) is 5.82 Å². The molecule has 1 aromatic heterocycles. The number of aromatic nitrogens is 1. The zero-order valence-electron chi connectivity index (χ0n) is 18.2. The summed E-state index contributed by atoms with van der Waals surface area (Å²) >= 11 is 3.42. The molecule has 0 aliphatic heterocycles. The number of carbonyl (C=O) groups is 1. The number of ether oxygens (including phenoxy) is 2. The molecule has 172 valence electrons. The van der Waals surface area contributed by atoms with Crippen molar-refractivity contribution in [1.29, 1.82) is 10.5 Å². The number of rotatable bonds is 7. The fraction of sp³-hybridized carbons (Fsp3) is 0.391. The number of H-pyrrole nitrogens is 1. The van der Waals surface area contributed by atoms with E-state index in [4.69, 9.17) is 15.2 Å². The molecule has 1 saturated carbocycles. The van der Waals surface area contributed by atoms with Crippen molar-refractivity contribution in [3.63, 3.8) is 0 Å². The van der Waals surface area contributed by atoms with Gasteiger partial charge in [0.25, 0.3) is 11.5 Å². The quantitative estimate of drug-likeness (QED) is 0.512. The third-order valence-corrected chi connectivity index (χ3v) is 6.06. The van der Waals surface area contributed by atoms with E-state index in [-0.39, 0.29) is 41.1 Å². The number of hydrogen-bond acceptors (Lipinski definition) is 7. The predicted octanol–water partition coefficient (Wildman–Crippen LogP) is 3.36. The van der Waals surface area contributed by atoms with Crippen molar-refractivity contribution in [2.45, 2.75) is 45.1 Å². The number of pyridine rings is 1. The number of nitriles is 2. The van der Waals surface area contributed by atoms with Crippen molar-refractivity contribution in [3.8, 4) is 34.8 Å². The molecule has 1 fully saturated rings. The van der Waals surface area contributed by atoms with Crippen molar-refractivity contribution in [2.24, 2.45) is 0 Å². The second-order valence-electron chi connectivity index (χ2n) is 7.62. The Hall–Kier alpha value is -3.50. The first-order valence-corrected chi connectivity index (χ1v) is 11.4. The lowest BCUT2D eigenvalue weighted by molar-refractivity contribution is -0.124. The highest BCUT2D eigenvalue weighted by Gasteiger charge is 2.23. The lowest BCUT2D eigenvalue weighted by Gasteiger charge is -2.23. The summed E-state index contributed by atoms with van der Waals surface area (Å²) in [5, 5.41) is 22.1. The Labute approximate surface area is 199 Å². The molecule has 3 rings (SSSR count). The van der Waals surface area contributed by atoms with Gasteiger partial charge in [-0.1, -0.05) is 35.2 Å². The van der Waals surface area contributed by atoms with Crippen LogP contribution >= 0.6 is 15.9 Å². The fourth-order valence-electron chi connectivity index (χ4n) is 3.88. The Morgan fingerprint density at radius 1 is 1.18 bits per heavy atom. The van der Waals surface area contributed by atoms with Gasteiger partial charge in [0, 0.05) is 21.6 Å². The summed E-state index contributed by atoms with van der Waals surface area (Å²) in [5.41, 5.74) is 5.30. The smallest absolute Gasteiger partial charge is 0.268 e. The van der Waals surface area contributed by atoms with Gasteiger partial charge in [-0.05, 0) is 31.9 Å². The maximum absolute atomic E-state index is 12.4. The Kier molecular flexibility index (Phi) is 7.96. The lowest BCUT2D eigenvalue weighted by Crippen LogP contribution is -2.39. The highest BCUT2D eigenvalue weighted by Crippen LogP contribution is 2.41. The van der Waals surface area contributed by atoms with Gasteiger partial charge in [0.05, 0.1) is 6.61 Å². The number of nitrogens with two attached hydrogens (primary N) is 1. The number of anilines is 1. The molecular weight excluding hydrogens is 490 g/mol. The number of benzene rings is 1. The van der Waals surface area contributed by atoms with Crippen LogP contribution in [0.1, 0.15) is 50.2 Å². The molecule has 4 N–H and O–H groups in total. The number of nitrogens with one attached hydrogen (secondary N) is 2. The molecule has 9 nitrogen and oxygen atoms in total. The summed E-state index contributed by atoms with van der Waals surface area (Å²) in [6, 6.07) is 7.09. The molecule has 0 bridgehead atoms. The summed E-state index contributed by atoms with van der Waals surface area (Å²) in [6.07, 6.45) is 5.35. The molecule has 1 aromatic carbocycles. The summed E-state index contributed by atoms with van der Waals surface area (Å²) in [5.74, 6) is 0.250. The third kappa shape index (κ3) is 5.47. The van der Waals surface area contributed by atoms with Crippen LogP contribution in [0.15, 0.2) is 21.4 Å². The van der Waals surface area contributed by atoms with E-state index in [1.807, 2.05) is 12.1 Å². The molecule has 33 heavy (non-hydrogen) atoms. The number of nitrogen functional groups attached to an aromatic ring is 1. The molecule has 0 unspecified atom stereocenters. The molecule has 1 aliphatic carbocycles. The van der Waals surface area contributed by atoms with E-state index in [1.54, 1.807) is 19.1 Å². The van der Waals surface area contributed by atoms with Crippen LogP contribution in [0.3, 0.4) is 0 Å². The van der Waals surface area contributed by atoms with E-state index in [0.717, 1.165) is 25.7 Å². The van der Waals surface area contributed by atoms with E-state index >= 15 is 0 Å². The van der Waals surface area contributed by atoms with Crippen LogP contribution in [0, 0.1) is 22.7 Å². The van der Waals surface area contributed by atoms with Crippen LogP contribution in [0.5, 0.6) is 11.5 Å². The summed E-state index contributed by atoms with van der Waals surface area (Å²) in [7, 11) is 0. The molecule has 1 aliphatic rings. The van der Waals surface area contributed by atoms with Crippen LogP contribution in [-0.2, 0) is 4.79 Å². The molecule has 1 amide bonds. The zero-order valence-corrected chi connectivity index (χ0v) is 19.8. The van der Waals surface area contributed by atoms with Crippen LogP contribution in [0.25, 0.3) is 11.1 Å². The van der Waals surface area contributed by atoms with Gasteiger partial charge in [-0.25, -0.2) is 0 Å². The van der Waals surface area contributed by atoms with Gasteiger partial charge in [0.1, 0.15) is 29.1 Å². The molecule has 0 atom stereocenters. The second-order valence-corrected chi connectivity index (χ2v) is 8.47. The predicted molar refractivity (Wildman–Crippen MR) is 126 cm³/mol. The third-order valence-electron chi connectivity index (χ3n) is 5.40. The van der Waals surface area contributed by atoms with Crippen molar-refractivity contribution in [3.05, 3.63) is 38.1 Å². The van der Waals surface area contributed by atoms with E-state index in [9.17, 15) is 20.1 Å². The summed E-state index contributed by atoms with van der Waals surface area (Å²) < 4.78 is 11.9. The lowest BCUT2D eigenvalue weighted by atomic mass is 9.95. The summed E-state index contributed by atoms with van der Waals surface area (Å²) in [6.45, 7) is 1.90. The van der Waals surface area contributed by atoms with Crippen molar-refractivity contribution >= 4 is 27.7 Å².